The molecule has 0 spiro atoms. The molecule has 1 N–H and O–H groups in total. The van der Waals surface area contributed by atoms with Crippen LogP contribution in [0.2, 0.25) is 0 Å². The second kappa shape index (κ2) is 6.49. The van der Waals surface area contributed by atoms with Gasteiger partial charge < -0.3 is 5.32 Å². The lowest BCUT2D eigenvalue weighted by molar-refractivity contribution is -0.143. The molecule has 0 aliphatic carbocycles. The van der Waals surface area contributed by atoms with Crippen LogP contribution in [-0.2, 0) is 13.1 Å². The van der Waals surface area contributed by atoms with Crippen LogP contribution in [0.4, 0.5) is 18.9 Å². The van der Waals surface area contributed by atoms with Gasteiger partial charge >= 0.3 is 6.18 Å². The van der Waals surface area contributed by atoms with E-state index >= 15 is 0 Å². The summed E-state index contributed by atoms with van der Waals surface area (Å²) in [5.41, 5.74) is -0.479. The zero-order valence-corrected chi connectivity index (χ0v) is 14.2. The Labute approximate surface area is 138 Å². The van der Waals surface area contributed by atoms with Crippen LogP contribution in [0.15, 0.2) is 31.4 Å². The Kier molecular flexibility index (Phi) is 5.10. The molecule has 0 saturated heterocycles. The lowest BCUT2D eigenvalue weighted by atomic mass is 10.4. The third-order valence-corrected chi connectivity index (χ3v) is 4.85. The maximum absolute atomic E-state index is 12.3. The first-order valence-corrected chi connectivity index (χ1v) is 8.02. The van der Waals surface area contributed by atoms with Gasteiger partial charge in [-0.15, -0.1) is 11.3 Å². The Morgan fingerprint density at radius 1 is 1.38 bits per heavy atom. The maximum atomic E-state index is 12.3. The van der Waals surface area contributed by atoms with Crippen LogP contribution >= 0.6 is 43.2 Å². The highest BCUT2D eigenvalue weighted by Gasteiger charge is 2.29. The van der Waals surface area contributed by atoms with Gasteiger partial charge in [0.05, 0.1) is 11.9 Å². The number of halogens is 5. The van der Waals surface area contributed by atoms with E-state index in [0.29, 0.717) is 16.9 Å². The summed E-state index contributed by atoms with van der Waals surface area (Å²) in [7, 11) is 0. The second-order valence-corrected chi connectivity index (χ2v) is 6.74. The van der Waals surface area contributed by atoms with E-state index in [0.717, 1.165) is 9.35 Å². The summed E-state index contributed by atoms with van der Waals surface area (Å²) in [5.74, 6) is 0. The monoisotopic (exact) mass is 445 g/mol. The number of anilines is 1. The minimum absolute atomic E-state index is 0.0253. The summed E-state index contributed by atoms with van der Waals surface area (Å²) < 4.78 is 38.2. The summed E-state index contributed by atoms with van der Waals surface area (Å²) in [6.07, 6.45) is -3.30. The van der Waals surface area contributed by atoms with Gasteiger partial charge in [-0.1, -0.05) is 0 Å². The standard InChI is InChI=1S/C11H8Br2F3N3OS/c12-6-1-7(21-4-6)2-17-8-3-18-19(5-11(14,15)16)10(20)9(8)13/h1,3-4,17H,2,5H2. The Bertz CT molecular complexity index is 699. The van der Waals surface area contributed by atoms with Crippen molar-refractivity contribution in [2.75, 3.05) is 5.32 Å². The molecule has 0 fully saturated rings. The van der Waals surface area contributed by atoms with E-state index in [1.165, 1.54) is 17.5 Å². The molecule has 0 aromatic carbocycles. The summed E-state index contributed by atoms with van der Waals surface area (Å²) in [4.78, 5) is 12.8. The molecule has 0 aliphatic rings. The zero-order valence-electron chi connectivity index (χ0n) is 10.2. The average molecular weight is 447 g/mol. The van der Waals surface area contributed by atoms with Gasteiger partial charge in [-0.2, -0.15) is 18.3 Å². The molecule has 0 amide bonds. The third kappa shape index (κ3) is 4.55. The summed E-state index contributed by atoms with van der Waals surface area (Å²) >= 11 is 7.84. The highest BCUT2D eigenvalue weighted by atomic mass is 79.9. The van der Waals surface area contributed by atoms with Gasteiger partial charge in [-0.05, 0) is 37.9 Å². The van der Waals surface area contributed by atoms with Crippen molar-refractivity contribution in [2.45, 2.75) is 19.3 Å². The summed E-state index contributed by atoms with van der Waals surface area (Å²) in [6.45, 7) is -0.970. The second-order valence-electron chi connectivity index (χ2n) is 4.03. The molecule has 21 heavy (non-hydrogen) atoms. The lowest BCUT2D eigenvalue weighted by Crippen LogP contribution is -2.31. The van der Waals surface area contributed by atoms with Gasteiger partial charge in [0, 0.05) is 21.3 Å². The molecule has 4 nitrogen and oxygen atoms in total. The third-order valence-electron chi connectivity index (χ3n) is 2.39. The van der Waals surface area contributed by atoms with Crippen LogP contribution in [0.5, 0.6) is 0 Å². The highest BCUT2D eigenvalue weighted by Crippen LogP contribution is 2.23. The number of aromatic nitrogens is 2. The first kappa shape index (κ1) is 16.5. The summed E-state index contributed by atoms with van der Waals surface area (Å²) in [6, 6.07) is 1.91. The maximum Gasteiger partial charge on any atom is 0.408 e. The molecule has 114 valence electrons. The highest BCUT2D eigenvalue weighted by molar-refractivity contribution is 9.10. The number of thiophene rings is 1. The topological polar surface area (TPSA) is 46.9 Å². The molecule has 2 rings (SSSR count). The average Bonchev–Trinajstić information content (AvgIpc) is 2.79. The van der Waals surface area contributed by atoms with Gasteiger partial charge in [0.25, 0.3) is 5.56 Å². The van der Waals surface area contributed by atoms with Crippen molar-refractivity contribution in [2.24, 2.45) is 0 Å². The summed E-state index contributed by atoms with van der Waals surface area (Å²) in [5, 5.41) is 8.40. The van der Waals surface area contributed by atoms with Crippen molar-refractivity contribution in [1.82, 2.24) is 9.78 Å². The van der Waals surface area contributed by atoms with Crippen LogP contribution < -0.4 is 10.9 Å². The number of hydrogen-bond donors (Lipinski definition) is 1. The molecule has 0 unspecified atom stereocenters. The molecule has 2 heterocycles. The van der Waals surface area contributed by atoms with Crippen molar-refractivity contribution in [3.63, 3.8) is 0 Å². The normalized spacial score (nSPS) is 11.7. The number of alkyl halides is 3. The van der Waals surface area contributed by atoms with Crippen molar-refractivity contribution >= 4 is 48.9 Å². The van der Waals surface area contributed by atoms with Crippen LogP contribution in [0.3, 0.4) is 0 Å². The number of nitrogens with one attached hydrogen (secondary N) is 1. The molecule has 0 bridgehead atoms. The molecule has 2 aromatic heterocycles. The van der Waals surface area contributed by atoms with Crippen molar-refractivity contribution in [3.8, 4) is 0 Å². The van der Waals surface area contributed by atoms with E-state index in [2.05, 4.69) is 42.3 Å². The smallest absolute Gasteiger partial charge is 0.378 e. The molecule has 2 aromatic rings. The van der Waals surface area contributed by atoms with E-state index in [1.54, 1.807) is 0 Å². The quantitative estimate of drug-likeness (QED) is 0.771. The first-order chi connectivity index (χ1) is 9.76. The molecule has 0 atom stereocenters. The van der Waals surface area contributed by atoms with E-state index < -0.39 is 18.3 Å². The van der Waals surface area contributed by atoms with Crippen LogP contribution in [0.25, 0.3) is 0 Å². The fourth-order valence-electron chi connectivity index (χ4n) is 1.50. The van der Waals surface area contributed by atoms with E-state index in [9.17, 15) is 18.0 Å². The van der Waals surface area contributed by atoms with Crippen molar-refractivity contribution < 1.29 is 13.2 Å². The predicted octanol–water partition coefficient (Wildman–Crippen LogP) is 4.00. The Balaban J connectivity index is 2.15. The molecule has 0 aliphatic heterocycles. The molecular formula is C11H8Br2F3N3OS. The minimum atomic E-state index is -4.49. The van der Waals surface area contributed by atoms with Gasteiger partial charge in [0.1, 0.15) is 11.0 Å². The van der Waals surface area contributed by atoms with E-state index in [-0.39, 0.29) is 4.47 Å². The lowest BCUT2D eigenvalue weighted by Gasteiger charge is -2.11. The number of hydrogen-bond acceptors (Lipinski definition) is 4. The molecule has 0 saturated carbocycles. The fourth-order valence-corrected chi connectivity index (χ4v) is 3.34. The largest absolute Gasteiger partial charge is 0.408 e. The van der Waals surface area contributed by atoms with Gasteiger partial charge in [0.15, 0.2) is 0 Å². The molecule has 0 radical (unpaired) electrons. The fraction of sp³-hybridized carbons (Fsp3) is 0.273. The molecule has 10 heteroatoms. The Hall–Kier alpha value is -0.870. The zero-order chi connectivity index (χ0) is 15.6. The first-order valence-electron chi connectivity index (χ1n) is 5.55. The van der Waals surface area contributed by atoms with Gasteiger partial charge in [0.2, 0.25) is 0 Å². The number of rotatable bonds is 4. The molecular weight excluding hydrogens is 439 g/mol. The SMILES string of the molecule is O=c1c(Br)c(NCc2cc(Br)cs2)cnn1CC(F)(F)F. The van der Waals surface area contributed by atoms with Crippen molar-refractivity contribution in [3.05, 3.63) is 41.8 Å². The van der Waals surface area contributed by atoms with E-state index in [1.807, 2.05) is 11.4 Å². The predicted molar refractivity (Wildman–Crippen MR) is 81.6 cm³/mol. The van der Waals surface area contributed by atoms with Crippen LogP contribution in [0, 0.1) is 0 Å². The Morgan fingerprint density at radius 3 is 2.67 bits per heavy atom. The van der Waals surface area contributed by atoms with Gasteiger partial charge in [-0.3, -0.25) is 4.79 Å². The van der Waals surface area contributed by atoms with Crippen molar-refractivity contribution in [1.29, 1.82) is 0 Å². The van der Waals surface area contributed by atoms with E-state index in [4.69, 9.17) is 0 Å². The minimum Gasteiger partial charge on any atom is -0.378 e. The Morgan fingerprint density at radius 2 is 2.10 bits per heavy atom. The number of nitrogens with zero attached hydrogens (tertiary/aromatic N) is 2. The van der Waals surface area contributed by atoms with Crippen LogP contribution in [-0.4, -0.2) is 16.0 Å². The van der Waals surface area contributed by atoms with Gasteiger partial charge in [-0.25, -0.2) is 4.68 Å². The van der Waals surface area contributed by atoms with Crippen LogP contribution in [0.1, 0.15) is 4.88 Å².